The normalized spacial score (nSPS) is 16.6. The summed E-state index contributed by atoms with van der Waals surface area (Å²) in [7, 11) is 3.35. The maximum absolute atomic E-state index is 5.97. The Morgan fingerprint density at radius 2 is 1.63 bits per heavy atom. The van der Waals surface area contributed by atoms with Crippen molar-refractivity contribution in [3.8, 4) is 17.2 Å². The fraction of sp³-hybridized carbons (Fsp3) is 0.250. The summed E-state index contributed by atoms with van der Waals surface area (Å²) in [6, 6.07) is 14.0. The summed E-state index contributed by atoms with van der Waals surface area (Å²) >= 11 is 0. The largest absolute Gasteiger partial charge is 0.497 e. The number of hydrogen-bond donors (Lipinski definition) is 0. The van der Waals surface area contributed by atoms with E-state index < -0.39 is 0 Å². The van der Waals surface area contributed by atoms with Gasteiger partial charge in [-0.15, -0.1) is 0 Å². The molecule has 3 rings (SSSR count). The molecule has 19 heavy (non-hydrogen) atoms. The van der Waals surface area contributed by atoms with E-state index in [9.17, 15) is 0 Å². The Kier molecular flexibility index (Phi) is 3.03. The highest BCUT2D eigenvalue weighted by atomic mass is 16.5. The first kappa shape index (κ1) is 11.9. The number of hydrogen-bond acceptors (Lipinski definition) is 3. The van der Waals surface area contributed by atoms with E-state index in [2.05, 4.69) is 0 Å². The highest BCUT2D eigenvalue weighted by Crippen LogP contribution is 2.38. The van der Waals surface area contributed by atoms with Crippen molar-refractivity contribution < 1.29 is 14.2 Å². The fourth-order valence-corrected chi connectivity index (χ4v) is 2.36. The second-order valence-corrected chi connectivity index (χ2v) is 4.56. The minimum atomic E-state index is 0.0769. The number of benzene rings is 2. The van der Waals surface area contributed by atoms with Gasteiger partial charge in [-0.25, -0.2) is 0 Å². The molecule has 2 aromatic carbocycles. The summed E-state index contributed by atoms with van der Waals surface area (Å²) in [6.45, 7) is 0. The molecule has 3 heteroatoms. The van der Waals surface area contributed by atoms with Crippen LogP contribution in [0.5, 0.6) is 17.2 Å². The molecule has 0 fully saturated rings. The van der Waals surface area contributed by atoms with Crippen LogP contribution >= 0.6 is 0 Å². The molecule has 1 aliphatic heterocycles. The van der Waals surface area contributed by atoms with Crippen LogP contribution in [0.15, 0.2) is 42.5 Å². The van der Waals surface area contributed by atoms with Crippen LogP contribution in [-0.4, -0.2) is 14.2 Å². The second kappa shape index (κ2) is 4.84. The van der Waals surface area contributed by atoms with Gasteiger partial charge in [0, 0.05) is 12.0 Å². The van der Waals surface area contributed by atoms with Crippen molar-refractivity contribution in [2.75, 3.05) is 14.2 Å². The van der Waals surface area contributed by atoms with Crippen molar-refractivity contribution in [3.05, 3.63) is 53.6 Å². The van der Waals surface area contributed by atoms with Crippen molar-refractivity contribution in [3.63, 3.8) is 0 Å². The summed E-state index contributed by atoms with van der Waals surface area (Å²) in [5.41, 5.74) is 2.36. The Bertz CT molecular complexity index is 575. The van der Waals surface area contributed by atoms with Crippen LogP contribution in [0.3, 0.4) is 0 Å². The van der Waals surface area contributed by atoms with Crippen LogP contribution in [-0.2, 0) is 6.42 Å². The first-order valence-corrected chi connectivity index (χ1v) is 6.27. The number of rotatable bonds is 3. The molecule has 0 saturated carbocycles. The third-order valence-corrected chi connectivity index (χ3v) is 3.43. The molecule has 0 spiro atoms. The monoisotopic (exact) mass is 256 g/mol. The zero-order valence-electron chi connectivity index (χ0n) is 11.1. The van der Waals surface area contributed by atoms with Crippen LogP contribution in [0.4, 0.5) is 0 Å². The van der Waals surface area contributed by atoms with Crippen LogP contribution in [0.2, 0.25) is 0 Å². The highest BCUT2D eigenvalue weighted by Gasteiger charge is 2.24. The van der Waals surface area contributed by atoms with Gasteiger partial charge in [-0.3, -0.25) is 0 Å². The van der Waals surface area contributed by atoms with Gasteiger partial charge < -0.3 is 14.2 Å². The zero-order chi connectivity index (χ0) is 13.2. The Morgan fingerprint density at radius 1 is 0.947 bits per heavy atom. The molecule has 0 amide bonds. The lowest BCUT2D eigenvalue weighted by Gasteiger charge is -2.11. The predicted octanol–water partition coefficient (Wildman–Crippen LogP) is 3.38. The first-order chi connectivity index (χ1) is 9.30. The average molecular weight is 256 g/mol. The lowest BCUT2D eigenvalue weighted by atomic mass is 10.0. The summed E-state index contributed by atoms with van der Waals surface area (Å²) in [5.74, 6) is 2.68. The van der Waals surface area contributed by atoms with Gasteiger partial charge in [0.25, 0.3) is 0 Å². The Balaban J connectivity index is 1.82. The standard InChI is InChI=1S/C16H16O3/c1-17-13-5-3-11(4-6-13)16-10-12-9-14(18-2)7-8-15(12)19-16/h3-9,16H,10H2,1-2H3. The quantitative estimate of drug-likeness (QED) is 0.842. The molecule has 0 radical (unpaired) electrons. The minimum absolute atomic E-state index is 0.0769. The van der Waals surface area contributed by atoms with E-state index in [0.29, 0.717) is 0 Å². The van der Waals surface area contributed by atoms with Gasteiger partial charge in [0.1, 0.15) is 23.4 Å². The lowest BCUT2D eigenvalue weighted by Crippen LogP contribution is -2.02. The van der Waals surface area contributed by atoms with Gasteiger partial charge in [0.05, 0.1) is 14.2 Å². The smallest absolute Gasteiger partial charge is 0.128 e. The zero-order valence-corrected chi connectivity index (χ0v) is 11.1. The van der Waals surface area contributed by atoms with Crippen molar-refractivity contribution >= 4 is 0 Å². The van der Waals surface area contributed by atoms with E-state index in [1.807, 2.05) is 42.5 Å². The van der Waals surface area contributed by atoms with E-state index in [1.54, 1.807) is 14.2 Å². The summed E-state index contributed by atoms with van der Waals surface area (Å²) in [6.07, 6.45) is 0.951. The van der Waals surface area contributed by atoms with E-state index in [1.165, 1.54) is 5.56 Å². The van der Waals surface area contributed by atoms with Crippen LogP contribution in [0.1, 0.15) is 17.2 Å². The molecule has 1 aliphatic rings. The fourth-order valence-electron chi connectivity index (χ4n) is 2.36. The van der Waals surface area contributed by atoms with Crippen LogP contribution in [0, 0.1) is 0 Å². The molecule has 0 aliphatic carbocycles. The van der Waals surface area contributed by atoms with E-state index in [0.717, 1.165) is 29.2 Å². The maximum atomic E-state index is 5.97. The Hall–Kier alpha value is -2.16. The summed E-state index contributed by atoms with van der Waals surface area (Å²) in [4.78, 5) is 0. The third-order valence-electron chi connectivity index (χ3n) is 3.43. The molecule has 3 nitrogen and oxygen atoms in total. The van der Waals surface area contributed by atoms with Crippen LogP contribution < -0.4 is 14.2 Å². The van der Waals surface area contributed by atoms with Crippen LogP contribution in [0.25, 0.3) is 0 Å². The molecule has 0 bridgehead atoms. The molecule has 0 saturated heterocycles. The van der Waals surface area contributed by atoms with E-state index >= 15 is 0 Å². The Labute approximate surface area is 112 Å². The number of ether oxygens (including phenoxy) is 3. The lowest BCUT2D eigenvalue weighted by molar-refractivity contribution is 0.238. The number of fused-ring (bicyclic) bond motifs is 1. The Morgan fingerprint density at radius 3 is 2.32 bits per heavy atom. The van der Waals surface area contributed by atoms with Gasteiger partial charge in [0.2, 0.25) is 0 Å². The topological polar surface area (TPSA) is 27.7 Å². The minimum Gasteiger partial charge on any atom is -0.497 e. The molecule has 98 valence electrons. The van der Waals surface area contributed by atoms with E-state index in [-0.39, 0.29) is 6.10 Å². The van der Waals surface area contributed by atoms with Crippen molar-refractivity contribution in [2.45, 2.75) is 12.5 Å². The molecular formula is C16H16O3. The molecular weight excluding hydrogens is 240 g/mol. The SMILES string of the molecule is COc1ccc(C2Cc3cc(OC)ccc3O2)cc1. The van der Waals surface area contributed by atoms with Crippen molar-refractivity contribution in [1.29, 1.82) is 0 Å². The average Bonchev–Trinajstić information content (AvgIpc) is 2.90. The van der Waals surface area contributed by atoms with Gasteiger partial charge >= 0.3 is 0 Å². The van der Waals surface area contributed by atoms with Crippen molar-refractivity contribution in [1.82, 2.24) is 0 Å². The number of methoxy groups -OCH3 is 2. The van der Waals surface area contributed by atoms with Crippen molar-refractivity contribution in [2.24, 2.45) is 0 Å². The van der Waals surface area contributed by atoms with Gasteiger partial charge in [0.15, 0.2) is 0 Å². The van der Waals surface area contributed by atoms with Gasteiger partial charge in [-0.2, -0.15) is 0 Å². The second-order valence-electron chi connectivity index (χ2n) is 4.56. The first-order valence-electron chi connectivity index (χ1n) is 6.27. The highest BCUT2D eigenvalue weighted by molar-refractivity contribution is 5.45. The predicted molar refractivity (Wildman–Crippen MR) is 73.1 cm³/mol. The molecule has 0 aromatic heterocycles. The molecule has 1 heterocycles. The molecule has 1 unspecified atom stereocenters. The molecule has 1 atom stereocenters. The molecule has 0 N–H and O–H groups in total. The van der Waals surface area contributed by atoms with Gasteiger partial charge in [-0.1, -0.05) is 12.1 Å². The van der Waals surface area contributed by atoms with E-state index in [4.69, 9.17) is 14.2 Å². The third kappa shape index (κ3) is 2.24. The van der Waals surface area contributed by atoms with Gasteiger partial charge in [-0.05, 0) is 35.9 Å². The maximum Gasteiger partial charge on any atom is 0.128 e. The summed E-state index contributed by atoms with van der Waals surface area (Å²) < 4.78 is 16.4. The molecule has 2 aromatic rings. The summed E-state index contributed by atoms with van der Waals surface area (Å²) in [5, 5.41) is 0.